The molecule has 0 atom stereocenters. The molecule has 4 aliphatic carbocycles. The standard InChI is InChI=1S/C21H26N2OS2/c1-13-23-18(12-25-13)19-3-2-17(26-19)4-5-22-20(24)21-9-14-6-15(10-21)8-16(7-14)11-21/h2-3,12,14-16H,4-11H2,1H3,(H,22,24). The first-order chi connectivity index (χ1) is 12.6. The molecular weight excluding hydrogens is 360 g/mol. The molecular formula is C21H26N2OS2. The maximum Gasteiger partial charge on any atom is 0.226 e. The Hall–Kier alpha value is -1.20. The number of hydrogen-bond acceptors (Lipinski definition) is 4. The van der Waals surface area contributed by atoms with Crippen molar-refractivity contribution in [2.45, 2.75) is 51.9 Å². The third-order valence-electron chi connectivity index (χ3n) is 6.71. The molecule has 4 fully saturated rings. The molecule has 4 saturated carbocycles. The lowest BCUT2D eigenvalue weighted by atomic mass is 9.49. The number of aromatic nitrogens is 1. The van der Waals surface area contributed by atoms with Crippen LogP contribution in [0.15, 0.2) is 17.5 Å². The molecule has 5 heteroatoms. The lowest BCUT2D eigenvalue weighted by molar-refractivity contribution is -0.146. The van der Waals surface area contributed by atoms with Crippen molar-refractivity contribution in [2.75, 3.05) is 6.54 Å². The SMILES string of the molecule is Cc1nc(-c2ccc(CCNC(=O)C34CC5CC(CC(C5)C3)C4)s2)cs1. The number of amides is 1. The van der Waals surface area contributed by atoms with Crippen LogP contribution in [-0.2, 0) is 11.2 Å². The van der Waals surface area contributed by atoms with Gasteiger partial charge in [-0.05, 0) is 81.8 Å². The Morgan fingerprint density at radius 1 is 1.19 bits per heavy atom. The van der Waals surface area contributed by atoms with Gasteiger partial charge in [0.25, 0.3) is 0 Å². The summed E-state index contributed by atoms with van der Waals surface area (Å²) in [5.41, 5.74) is 1.06. The first kappa shape index (κ1) is 16.9. The second-order valence-corrected chi connectivity index (χ2v) is 11.0. The molecule has 4 aliphatic rings. The number of carbonyl (C=O) groups is 1. The number of rotatable bonds is 5. The van der Waals surface area contributed by atoms with Crippen molar-refractivity contribution < 1.29 is 4.79 Å². The van der Waals surface area contributed by atoms with Gasteiger partial charge in [-0.15, -0.1) is 22.7 Å². The van der Waals surface area contributed by atoms with E-state index in [4.69, 9.17) is 0 Å². The van der Waals surface area contributed by atoms with Crippen LogP contribution in [0.4, 0.5) is 0 Å². The van der Waals surface area contributed by atoms with Crippen molar-refractivity contribution in [2.24, 2.45) is 23.2 Å². The second-order valence-electron chi connectivity index (χ2n) is 8.72. The van der Waals surface area contributed by atoms with Gasteiger partial charge in [-0.3, -0.25) is 4.79 Å². The molecule has 6 rings (SSSR count). The minimum Gasteiger partial charge on any atom is -0.355 e. The molecule has 2 aromatic heterocycles. The molecule has 3 nitrogen and oxygen atoms in total. The van der Waals surface area contributed by atoms with Gasteiger partial charge in [0, 0.05) is 22.2 Å². The number of carbonyl (C=O) groups excluding carboxylic acids is 1. The van der Waals surface area contributed by atoms with E-state index >= 15 is 0 Å². The fourth-order valence-electron chi connectivity index (χ4n) is 6.00. The third-order valence-corrected chi connectivity index (χ3v) is 8.65. The quantitative estimate of drug-likeness (QED) is 0.781. The van der Waals surface area contributed by atoms with Crippen molar-refractivity contribution in [3.05, 3.63) is 27.4 Å². The maximum atomic E-state index is 13.0. The van der Waals surface area contributed by atoms with Crippen LogP contribution >= 0.6 is 22.7 Å². The van der Waals surface area contributed by atoms with Crippen molar-refractivity contribution >= 4 is 28.6 Å². The van der Waals surface area contributed by atoms with E-state index in [9.17, 15) is 4.79 Å². The van der Waals surface area contributed by atoms with Crippen LogP contribution in [0.5, 0.6) is 0 Å². The van der Waals surface area contributed by atoms with E-state index < -0.39 is 0 Å². The van der Waals surface area contributed by atoms with Crippen LogP contribution in [-0.4, -0.2) is 17.4 Å². The van der Waals surface area contributed by atoms with Crippen molar-refractivity contribution in [3.8, 4) is 10.6 Å². The van der Waals surface area contributed by atoms with E-state index in [-0.39, 0.29) is 5.41 Å². The van der Waals surface area contributed by atoms with E-state index in [2.05, 4.69) is 27.8 Å². The summed E-state index contributed by atoms with van der Waals surface area (Å²) in [5.74, 6) is 2.83. The van der Waals surface area contributed by atoms with Crippen LogP contribution in [0, 0.1) is 30.1 Å². The van der Waals surface area contributed by atoms with E-state index in [1.165, 1.54) is 29.0 Å². The molecule has 0 aromatic carbocycles. The van der Waals surface area contributed by atoms with Crippen LogP contribution < -0.4 is 5.32 Å². The van der Waals surface area contributed by atoms with E-state index in [0.717, 1.165) is 60.7 Å². The highest BCUT2D eigenvalue weighted by Crippen LogP contribution is 2.60. The minimum atomic E-state index is -0.0204. The van der Waals surface area contributed by atoms with Gasteiger partial charge < -0.3 is 5.32 Å². The molecule has 0 spiro atoms. The first-order valence-corrected chi connectivity index (χ1v) is 11.6. The van der Waals surface area contributed by atoms with Gasteiger partial charge in [0.05, 0.1) is 15.6 Å². The van der Waals surface area contributed by atoms with Gasteiger partial charge >= 0.3 is 0 Å². The first-order valence-electron chi connectivity index (χ1n) is 9.89. The minimum absolute atomic E-state index is 0.0204. The largest absolute Gasteiger partial charge is 0.355 e. The summed E-state index contributed by atoms with van der Waals surface area (Å²) in [6, 6.07) is 4.35. The van der Waals surface area contributed by atoms with Gasteiger partial charge in [0.2, 0.25) is 5.91 Å². The van der Waals surface area contributed by atoms with E-state index in [0.29, 0.717) is 5.91 Å². The monoisotopic (exact) mass is 386 g/mol. The molecule has 138 valence electrons. The van der Waals surface area contributed by atoms with E-state index in [1.807, 2.05) is 6.92 Å². The number of thiazole rings is 1. The number of thiophene rings is 1. The average Bonchev–Trinajstić information content (AvgIpc) is 3.22. The predicted molar refractivity (Wildman–Crippen MR) is 107 cm³/mol. The van der Waals surface area contributed by atoms with Crippen LogP contribution in [0.1, 0.15) is 48.4 Å². The number of nitrogens with one attached hydrogen (secondary N) is 1. The summed E-state index contributed by atoms with van der Waals surface area (Å²) in [5, 5.41) is 6.53. The van der Waals surface area contributed by atoms with Gasteiger partial charge in [-0.25, -0.2) is 4.98 Å². The molecule has 26 heavy (non-hydrogen) atoms. The summed E-state index contributed by atoms with van der Waals surface area (Å²) >= 11 is 3.50. The summed E-state index contributed by atoms with van der Waals surface area (Å²) in [7, 11) is 0. The Bertz CT molecular complexity index is 786. The van der Waals surface area contributed by atoms with Crippen LogP contribution in [0.3, 0.4) is 0 Å². The highest BCUT2D eigenvalue weighted by atomic mass is 32.1. The van der Waals surface area contributed by atoms with Gasteiger partial charge in [0.1, 0.15) is 0 Å². The Balaban J connectivity index is 1.18. The molecule has 0 saturated heterocycles. The topological polar surface area (TPSA) is 42.0 Å². The fraction of sp³-hybridized carbons (Fsp3) is 0.619. The van der Waals surface area contributed by atoms with Gasteiger partial charge in [-0.1, -0.05) is 0 Å². The molecule has 2 heterocycles. The fourth-order valence-corrected chi connectivity index (χ4v) is 7.66. The zero-order valence-corrected chi connectivity index (χ0v) is 16.9. The van der Waals surface area contributed by atoms with Gasteiger partial charge in [-0.2, -0.15) is 0 Å². The van der Waals surface area contributed by atoms with Crippen LogP contribution in [0.2, 0.25) is 0 Å². The van der Waals surface area contributed by atoms with E-state index in [1.54, 1.807) is 22.7 Å². The summed E-state index contributed by atoms with van der Waals surface area (Å²) < 4.78 is 0. The Morgan fingerprint density at radius 2 is 1.88 bits per heavy atom. The zero-order valence-electron chi connectivity index (χ0n) is 15.3. The number of nitrogens with zero attached hydrogens (tertiary/aromatic N) is 1. The maximum absolute atomic E-state index is 13.0. The molecule has 1 N–H and O–H groups in total. The normalized spacial score (nSPS) is 32.1. The van der Waals surface area contributed by atoms with Crippen molar-refractivity contribution in [1.29, 1.82) is 0 Å². The summed E-state index contributed by atoms with van der Waals surface area (Å²) in [6.07, 6.45) is 8.54. The Labute approximate surface area is 163 Å². The summed E-state index contributed by atoms with van der Waals surface area (Å²) in [6.45, 7) is 2.80. The molecule has 4 bridgehead atoms. The Morgan fingerprint density at radius 3 is 2.50 bits per heavy atom. The smallest absolute Gasteiger partial charge is 0.226 e. The highest BCUT2D eigenvalue weighted by molar-refractivity contribution is 7.16. The molecule has 0 radical (unpaired) electrons. The Kier molecular flexibility index (Phi) is 4.20. The average molecular weight is 387 g/mol. The molecule has 1 amide bonds. The second kappa shape index (κ2) is 6.45. The molecule has 0 unspecified atom stereocenters. The van der Waals surface area contributed by atoms with Crippen molar-refractivity contribution in [1.82, 2.24) is 10.3 Å². The lowest BCUT2D eigenvalue weighted by Crippen LogP contribution is -2.53. The molecule has 2 aromatic rings. The molecule has 0 aliphatic heterocycles. The lowest BCUT2D eigenvalue weighted by Gasteiger charge is -2.55. The highest BCUT2D eigenvalue weighted by Gasteiger charge is 2.54. The number of aryl methyl sites for hydroxylation is 1. The van der Waals surface area contributed by atoms with Crippen molar-refractivity contribution in [3.63, 3.8) is 0 Å². The predicted octanol–water partition coefficient (Wildman–Crippen LogP) is 5.06. The zero-order chi connectivity index (χ0) is 17.7. The summed E-state index contributed by atoms with van der Waals surface area (Å²) in [4.78, 5) is 20.1. The van der Waals surface area contributed by atoms with Gasteiger partial charge in [0.15, 0.2) is 0 Å². The van der Waals surface area contributed by atoms with Crippen LogP contribution in [0.25, 0.3) is 10.6 Å². The third kappa shape index (κ3) is 3.03. The number of hydrogen-bond donors (Lipinski definition) is 1.